The second kappa shape index (κ2) is 5.36. The number of H-pyrrole nitrogens is 1. The van der Waals surface area contributed by atoms with Crippen LogP contribution in [-0.2, 0) is 13.1 Å². The molecule has 2 rings (SSSR count). The predicted octanol–water partition coefficient (Wildman–Crippen LogP) is 1.41. The lowest BCUT2D eigenvalue weighted by atomic mass is 10.2. The fraction of sp³-hybridized carbons (Fsp3) is 0.250. The fourth-order valence-corrected chi connectivity index (χ4v) is 1.53. The number of hydrogen-bond donors (Lipinski definition) is 3. The molecule has 0 saturated heterocycles. The minimum absolute atomic E-state index is 0.233. The van der Waals surface area contributed by atoms with Crippen molar-refractivity contribution in [2.75, 3.05) is 7.11 Å². The molecule has 0 spiro atoms. The van der Waals surface area contributed by atoms with Crippen LogP contribution in [0.4, 0.5) is 0 Å². The molecule has 5 heteroatoms. The predicted molar refractivity (Wildman–Crippen MR) is 63.8 cm³/mol. The molecule has 5 nitrogen and oxygen atoms in total. The normalized spacial score (nSPS) is 10.4. The van der Waals surface area contributed by atoms with Crippen molar-refractivity contribution in [1.82, 2.24) is 15.3 Å². The molecule has 0 aliphatic carbocycles. The number of nitrogens with one attached hydrogen (secondary N) is 2. The lowest BCUT2D eigenvalue weighted by Gasteiger charge is -2.07. The van der Waals surface area contributed by atoms with Gasteiger partial charge in [-0.05, 0) is 6.07 Å². The SMILES string of the molecule is COc1ccc(CNCc2ncc[nH]2)c(O)c1. The molecule has 17 heavy (non-hydrogen) atoms. The van der Waals surface area contributed by atoms with Gasteiger partial charge in [0, 0.05) is 30.6 Å². The second-order valence-electron chi connectivity index (χ2n) is 3.63. The third-order valence-electron chi connectivity index (χ3n) is 2.46. The van der Waals surface area contributed by atoms with E-state index in [1.807, 2.05) is 12.1 Å². The number of imidazole rings is 1. The highest BCUT2D eigenvalue weighted by Crippen LogP contribution is 2.23. The van der Waals surface area contributed by atoms with Crippen LogP contribution in [0.3, 0.4) is 0 Å². The van der Waals surface area contributed by atoms with Crippen molar-refractivity contribution in [3.63, 3.8) is 0 Å². The average molecular weight is 233 g/mol. The first-order valence-electron chi connectivity index (χ1n) is 5.34. The minimum Gasteiger partial charge on any atom is -0.507 e. The Morgan fingerprint density at radius 1 is 1.41 bits per heavy atom. The van der Waals surface area contributed by atoms with Gasteiger partial charge in [-0.3, -0.25) is 0 Å². The zero-order valence-electron chi connectivity index (χ0n) is 9.60. The van der Waals surface area contributed by atoms with Gasteiger partial charge in [0.15, 0.2) is 0 Å². The molecular formula is C12H15N3O2. The summed E-state index contributed by atoms with van der Waals surface area (Å²) in [6.07, 6.45) is 3.49. The molecule has 0 aliphatic rings. The molecule has 3 N–H and O–H groups in total. The van der Waals surface area contributed by atoms with E-state index in [4.69, 9.17) is 4.74 Å². The van der Waals surface area contributed by atoms with Crippen molar-refractivity contribution < 1.29 is 9.84 Å². The molecule has 1 aromatic heterocycles. The van der Waals surface area contributed by atoms with E-state index in [2.05, 4.69) is 15.3 Å². The van der Waals surface area contributed by atoms with Gasteiger partial charge in [-0.2, -0.15) is 0 Å². The lowest BCUT2D eigenvalue weighted by molar-refractivity contribution is 0.406. The summed E-state index contributed by atoms with van der Waals surface area (Å²) in [5.41, 5.74) is 0.831. The standard InChI is InChI=1S/C12H15N3O2/c1-17-10-3-2-9(11(16)6-10)7-13-8-12-14-4-5-15-12/h2-6,13,16H,7-8H2,1H3,(H,14,15). The maximum atomic E-state index is 9.74. The molecule has 0 fully saturated rings. The van der Waals surface area contributed by atoms with Crippen LogP contribution in [0.2, 0.25) is 0 Å². The van der Waals surface area contributed by atoms with Gasteiger partial charge in [0.25, 0.3) is 0 Å². The maximum absolute atomic E-state index is 9.74. The van der Waals surface area contributed by atoms with Gasteiger partial charge in [0.1, 0.15) is 17.3 Å². The number of nitrogens with zero attached hydrogens (tertiary/aromatic N) is 1. The smallest absolute Gasteiger partial charge is 0.123 e. The summed E-state index contributed by atoms with van der Waals surface area (Å²) in [5, 5.41) is 12.9. The molecular weight excluding hydrogens is 218 g/mol. The number of phenols is 1. The largest absolute Gasteiger partial charge is 0.507 e. The number of hydrogen-bond acceptors (Lipinski definition) is 4. The zero-order chi connectivity index (χ0) is 12.1. The van der Waals surface area contributed by atoms with Gasteiger partial charge >= 0.3 is 0 Å². The molecule has 0 amide bonds. The van der Waals surface area contributed by atoms with Crippen molar-refractivity contribution >= 4 is 0 Å². The highest BCUT2D eigenvalue weighted by atomic mass is 16.5. The highest BCUT2D eigenvalue weighted by Gasteiger charge is 2.03. The zero-order valence-corrected chi connectivity index (χ0v) is 9.60. The van der Waals surface area contributed by atoms with Crippen molar-refractivity contribution in [1.29, 1.82) is 0 Å². The maximum Gasteiger partial charge on any atom is 0.123 e. The summed E-state index contributed by atoms with van der Waals surface area (Å²) in [4.78, 5) is 7.10. The van der Waals surface area contributed by atoms with Crippen LogP contribution in [0.1, 0.15) is 11.4 Å². The van der Waals surface area contributed by atoms with E-state index in [9.17, 15) is 5.11 Å². The Morgan fingerprint density at radius 3 is 2.94 bits per heavy atom. The van der Waals surface area contributed by atoms with E-state index >= 15 is 0 Å². The van der Waals surface area contributed by atoms with Crippen molar-refractivity contribution in [3.8, 4) is 11.5 Å². The number of benzene rings is 1. The van der Waals surface area contributed by atoms with E-state index in [1.165, 1.54) is 0 Å². The third-order valence-corrected chi connectivity index (χ3v) is 2.46. The molecule has 0 unspecified atom stereocenters. The van der Waals surface area contributed by atoms with E-state index in [0.29, 0.717) is 18.8 Å². The van der Waals surface area contributed by atoms with E-state index < -0.39 is 0 Å². The molecule has 0 bridgehead atoms. The van der Waals surface area contributed by atoms with Gasteiger partial charge in [-0.15, -0.1) is 0 Å². The summed E-state index contributed by atoms with van der Waals surface area (Å²) >= 11 is 0. The first-order valence-corrected chi connectivity index (χ1v) is 5.34. The van der Waals surface area contributed by atoms with Gasteiger partial charge in [0.2, 0.25) is 0 Å². The second-order valence-corrected chi connectivity index (χ2v) is 3.63. The lowest BCUT2D eigenvalue weighted by Crippen LogP contribution is -2.13. The first kappa shape index (κ1) is 11.5. The Morgan fingerprint density at radius 2 is 2.29 bits per heavy atom. The Hall–Kier alpha value is -2.01. The van der Waals surface area contributed by atoms with Crippen LogP contribution in [0.15, 0.2) is 30.6 Å². The van der Waals surface area contributed by atoms with Crippen molar-refractivity contribution in [2.24, 2.45) is 0 Å². The molecule has 0 saturated carbocycles. The summed E-state index contributed by atoms with van der Waals surface area (Å²) in [5.74, 6) is 1.76. The molecule has 0 radical (unpaired) electrons. The van der Waals surface area contributed by atoms with Crippen molar-refractivity contribution in [3.05, 3.63) is 42.0 Å². The number of phenolic OH excluding ortho intramolecular Hbond substituents is 1. The van der Waals surface area contributed by atoms with Crippen LogP contribution < -0.4 is 10.1 Å². The highest BCUT2D eigenvalue weighted by molar-refractivity contribution is 5.39. The Balaban J connectivity index is 1.90. The number of aromatic amines is 1. The Kier molecular flexibility index (Phi) is 3.62. The first-order chi connectivity index (χ1) is 8.29. The number of ether oxygens (including phenoxy) is 1. The summed E-state index contributed by atoms with van der Waals surface area (Å²) in [7, 11) is 1.57. The van der Waals surface area contributed by atoms with Gasteiger partial charge in [-0.1, -0.05) is 6.07 Å². The monoisotopic (exact) mass is 233 g/mol. The van der Waals surface area contributed by atoms with Gasteiger partial charge < -0.3 is 20.1 Å². The minimum atomic E-state index is 0.233. The fourth-order valence-electron chi connectivity index (χ4n) is 1.53. The van der Waals surface area contributed by atoms with Crippen LogP contribution in [0.25, 0.3) is 0 Å². The van der Waals surface area contributed by atoms with Crippen LogP contribution in [0, 0.1) is 0 Å². The number of rotatable bonds is 5. The van der Waals surface area contributed by atoms with Crippen LogP contribution in [0.5, 0.6) is 11.5 Å². The molecule has 1 heterocycles. The Labute approximate surface area is 99.5 Å². The molecule has 0 aliphatic heterocycles. The summed E-state index contributed by atoms with van der Waals surface area (Å²) in [6.45, 7) is 1.22. The molecule has 0 atom stereocenters. The third kappa shape index (κ3) is 2.98. The summed E-state index contributed by atoms with van der Waals surface area (Å²) < 4.78 is 5.02. The number of methoxy groups -OCH3 is 1. The van der Waals surface area contributed by atoms with Gasteiger partial charge in [-0.25, -0.2) is 4.98 Å². The van der Waals surface area contributed by atoms with Crippen LogP contribution >= 0.6 is 0 Å². The number of aromatic nitrogens is 2. The average Bonchev–Trinajstić information content (AvgIpc) is 2.84. The van der Waals surface area contributed by atoms with Crippen LogP contribution in [-0.4, -0.2) is 22.2 Å². The number of aromatic hydroxyl groups is 1. The van der Waals surface area contributed by atoms with E-state index in [1.54, 1.807) is 25.6 Å². The van der Waals surface area contributed by atoms with E-state index in [0.717, 1.165) is 11.4 Å². The molecule has 90 valence electrons. The van der Waals surface area contributed by atoms with Gasteiger partial charge in [0.05, 0.1) is 13.7 Å². The molecule has 2 aromatic rings. The summed E-state index contributed by atoms with van der Waals surface area (Å²) in [6, 6.07) is 5.26. The Bertz CT molecular complexity index is 469. The topological polar surface area (TPSA) is 70.2 Å². The van der Waals surface area contributed by atoms with Crippen molar-refractivity contribution in [2.45, 2.75) is 13.1 Å². The molecule has 1 aromatic carbocycles. The van der Waals surface area contributed by atoms with E-state index in [-0.39, 0.29) is 5.75 Å². The quantitative estimate of drug-likeness (QED) is 0.730.